The van der Waals surface area contributed by atoms with Crippen LogP contribution in [0.4, 0.5) is 0 Å². The van der Waals surface area contributed by atoms with E-state index in [1.807, 2.05) is 30.3 Å². The first-order valence-corrected chi connectivity index (χ1v) is 6.35. The fraction of sp³-hybridized carbons (Fsp3) is 0.231. The maximum absolute atomic E-state index is 5.76. The van der Waals surface area contributed by atoms with Gasteiger partial charge in [-0.2, -0.15) is 0 Å². The SMILES string of the molecule is Brc1cc(-c2cccc(OC3CC3)c2)ncn1. The fourth-order valence-corrected chi connectivity index (χ4v) is 1.91. The maximum Gasteiger partial charge on any atom is 0.120 e. The monoisotopic (exact) mass is 290 g/mol. The Bertz CT molecular complexity index is 540. The lowest BCUT2D eigenvalue weighted by Crippen LogP contribution is -1.95. The van der Waals surface area contributed by atoms with Crippen LogP contribution < -0.4 is 4.74 Å². The molecule has 1 fully saturated rings. The molecule has 3 rings (SSSR count). The van der Waals surface area contributed by atoms with Gasteiger partial charge in [0.25, 0.3) is 0 Å². The molecule has 0 aliphatic heterocycles. The lowest BCUT2D eigenvalue weighted by atomic mass is 10.1. The molecule has 86 valence electrons. The topological polar surface area (TPSA) is 35.0 Å². The van der Waals surface area contributed by atoms with Crippen LogP contribution >= 0.6 is 15.9 Å². The Morgan fingerprint density at radius 3 is 2.82 bits per heavy atom. The first-order chi connectivity index (χ1) is 8.31. The zero-order valence-electron chi connectivity index (χ0n) is 9.14. The van der Waals surface area contributed by atoms with Gasteiger partial charge in [-0.1, -0.05) is 12.1 Å². The molecule has 1 aromatic carbocycles. The fourth-order valence-electron chi connectivity index (χ4n) is 1.60. The van der Waals surface area contributed by atoms with Crippen LogP contribution in [-0.4, -0.2) is 16.1 Å². The molecule has 0 radical (unpaired) electrons. The first kappa shape index (κ1) is 10.7. The highest BCUT2D eigenvalue weighted by Gasteiger charge is 2.23. The second kappa shape index (κ2) is 4.45. The van der Waals surface area contributed by atoms with Crippen molar-refractivity contribution in [1.82, 2.24) is 9.97 Å². The third-order valence-corrected chi connectivity index (χ3v) is 3.02. The highest BCUT2D eigenvalue weighted by molar-refractivity contribution is 9.10. The second-order valence-corrected chi connectivity index (χ2v) is 4.88. The summed E-state index contributed by atoms with van der Waals surface area (Å²) in [5, 5.41) is 0. The van der Waals surface area contributed by atoms with Gasteiger partial charge in [0.1, 0.15) is 16.7 Å². The maximum atomic E-state index is 5.76. The van der Waals surface area contributed by atoms with Gasteiger partial charge in [0, 0.05) is 5.56 Å². The Morgan fingerprint density at radius 2 is 2.06 bits per heavy atom. The summed E-state index contributed by atoms with van der Waals surface area (Å²) < 4.78 is 6.55. The van der Waals surface area contributed by atoms with Crippen molar-refractivity contribution in [1.29, 1.82) is 0 Å². The summed E-state index contributed by atoms with van der Waals surface area (Å²) in [6, 6.07) is 9.92. The quantitative estimate of drug-likeness (QED) is 0.812. The Hall–Kier alpha value is -1.42. The number of benzene rings is 1. The summed E-state index contributed by atoms with van der Waals surface area (Å²) in [5.74, 6) is 0.916. The lowest BCUT2D eigenvalue weighted by molar-refractivity contribution is 0.303. The van der Waals surface area contributed by atoms with Crippen molar-refractivity contribution in [3.8, 4) is 17.0 Å². The molecule has 0 unspecified atom stereocenters. The van der Waals surface area contributed by atoms with Crippen LogP contribution in [-0.2, 0) is 0 Å². The van der Waals surface area contributed by atoms with Crippen LogP contribution in [0.15, 0.2) is 41.3 Å². The molecule has 4 heteroatoms. The van der Waals surface area contributed by atoms with E-state index in [4.69, 9.17) is 4.74 Å². The van der Waals surface area contributed by atoms with Crippen LogP contribution in [0.2, 0.25) is 0 Å². The number of hydrogen-bond acceptors (Lipinski definition) is 3. The summed E-state index contributed by atoms with van der Waals surface area (Å²) >= 11 is 3.35. The van der Waals surface area contributed by atoms with Gasteiger partial charge >= 0.3 is 0 Å². The Balaban J connectivity index is 1.91. The van der Waals surface area contributed by atoms with Gasteiger partial charge in [0.15, 0.2) is 0 Å². The smallest absolute Gasteiger partial charge is 0.120 e. The largest absolute Gasteiger partial charge is 0.490 e. The zero-order valence-corrected chi connectivity index (χ0v) is 10.7. The standard InChI is InChI=1S/C13H11BrN2O/c14-13-7-12(15-8-16-13)9-2-1-3-11(6-9)17-10-4-5-10/h1-3,6-8,10H,4-5H2. The summed E-state index contributed by atoms with van der Waals surface area (Å²) in [7, 11) is 0. The lowest BCUT2D eigenvalue weighted by Gasteiger charge is -2.06. The van der Waals surface area contributed by atoms with Crippen LogP contribution in [0.25, 0.3) is 11.3 Å². The molecule has 0 N–H and O–H groups in total. The number of hydrogen-bond donors (Lipinski definition) is 0. The van der Waals surface area contributed by atoms with Gasteiger partial charge in [0.05, 0.1) is 11.8 Å². The van der Waals surface area contributed by atoms with Gasteiger partial charge in [-0.25, -0.2) is 9.97 Å². The molecule has 1 aliphatic rings. The van der Waals surface area contributed by atoms with E-state index in [0.29, 0.717) is 6.10 Å². The van der Waals surface area contributed by atoms with Crippen molar-refractivity contribution in [2.75, 3.05) is 0 Å². The molecule has 0 amide bonds. The van der Waals surface area contributed by atoms with E-state index in [9.17, 15) is 0 Å². The summed E-state index contributed by atoms with van der Waals surface area (Å²) in [5.41, 5.74) is 1.94. The highest BCUT2D eigenvalue weighted by Crippen LogP contribution is 2.29. The van der Waals surface area contributed by atoms with E-state index in [2.05, 4.69) is 25.9 Å². The molecular formula is C13H11BrN2O. The second-order valence-electron chi connectivity index (χ2n) is 4.07. The molecule has 1 aliphatic carbocycles. The summed E-state index contributed by atoms with van der Waals surface area (Å²) in [4.78, 5) is 8.27. The number of halogens is 1. The van der Waals surface area contributed by atoms with E-state index in [0.717, 1.165) is 21.6 Å². The molecule has 1 aromatic heterocycles. The third-order valence-electron chi connectivity index (χ3n) is 2.59. The average molecular weight is 291 g/mol. The van der Waals surface area contributed by atoms with Crippen molar-refractivity contribution in [3.63, 3.8) is 0 Å². The van der Waals surface area contributed by atoms with Crippen LogP contribution in [0.1, 0.15) is 12.8 Å². The molecule has 0 bridgehead atoms. The number of nitrogens with zero attached hydrogens (tertiary/aromatic N) is 2. The van der Waals surface area contributed by atoms with E-state index in [-0.39, 0.29) is 0 Å². The van der Waals surface area contributed by atoms with Crippen LogP contribution in [0.5, 0.6) is 5.75 Å². The van der Waals surface area contributed by atoms with E-state index in [1.54, 1.807) is 6.33 Å². The zero-order chi connectivity index (χ0) is 11.7. The van der Waals surface area contributed by atoms with E-state index in [1.165, 1.54) is 12.8 Å². The minimum absolute atomic E-state index is 0.419. The molecule has 1 saturated carbocycles. The van der Waals surface area contributed by atoms with Crippen molar-refractivity contribution >= 4 is 15.9 Å². The predicted molar refractivity (Wildman–Crippen MR) is 68.8 cm³/mol. The molecule has 2 aromatic rings. The minimum Gasteiger partial charge on any atom is -0.490 e. The minimum atomic E-state index is 0.419. The van der Waals surface area contributed by atoms with Gasteiger partial charge in [-0.15, -0.1) is 0 Å². The van der Waals surface area contributed by atoms with Gasteiger partial charge < -0.3 is 4.74 Å². The Labute approximate surface area is 108 Å². The normalized spacial score (nSPS) is 14.6. The van der Waals surface area contributed by atoms with Gasteiger partial charge in [-0.3, -0.25) is 0 Å². The van der Waals surface area contributed by atoms with E-state index < -0.39 is 0 Å². The predicted octanol–water partition coefficient (Wildman–Crippen LogP) is 3.45. The van der Waals surface area contributed by atoms with Crippen molar-refractivity contribution in [3.05, 3.63) is 41.3 Å². The van der Waals surface area contributed by atoms with Crippen molar-refractivity contribution < 1.29 is 4.74 Å². The highest BCUT2D eigenvalue weighted by atomic mass is 79.9. The first-order valence-electron chi connectivity index (χ1n) is 5.56. The Morgan fingerprint density at radius 1 is 1.18 bits per heavy atom. The molecular weight excluding hydrogens is 280 g/mol. The molecule has 0 spiro atoms. The number of rotatable bonds is 3. The molecule has 17 heavy (non-hydrogen) atoms. The summed E-state index contributed by atoms with van der Waals surface area (Å²) in [6.45, 7) is 0. The number of ether oxygens (including phenoxy) is 1. The molecule has 3 nitrogen and oxygen atoms in total. The van der Waals surface area contributed by atoms with Gasteiger partial charge in [0.2, 0.25) is 0 Å². The van der Waals surface area contributed by atoms with Crippen LogP contribution in [0, 0.1) is 0 Å². The van der Waals surface area contributed by atoms with Gasteiger partial charge in [-0.05, 0) is 47.0 Å². The average Bonchev–Trinajstić information content (AvgIpc) is 3.13. The summed E-state index contributed by atoms with van der Waals surface area (Å²) in [6.07, 6.45) is 4.31. The van der Waals surface area contributed by atoms with Crippen molar-refractivity contribution in [2.45, 2.75) is 18.9 Å². The molecule has 0 atom stereocenters. The van der Waals surface area contributed by atoms with Crippen LogP contribution in [0.3, 0.4) is 0 Å². The molecule has 0 saturated heterocycles. The van der Waals surface area contributed by atoms with E-state index >= 15 is 0 Å². The van der Waals surface area contributed by atoms with Crippen molar-refractivity contribution in [2.24, 2.45) is 0 Å². The Kier molecular flexibility index (Phi) is 2.81. The molecule has 1 heterocycles. The third kappa shape index (κ3) is 2.64. The number of aromatic nitrogens is 2.